The molecule has 0 bridgehead atoms. The minimum absolute atomic E-state index is 0.108. The number of aromatic nitrogens is 2. The minimum atomic E-state index is -4.54. The fraction of sp³-hybridized carbons (Fsp3) is 0.545. The van der Waals surface area contributed by atoms with Crippen molar-refractivity contribution in [3.8, 4) is 5.88 Å². The Bertz CT molecular complexity index is 480. The molecule has 9 heteroatoms. The maximum absolute atomic E-state index is 12.5. The molecule has 0 spiro atoms. The molecule has 0 saturated carbocycles. The van der Waals surface area contributed by atoms with Gasteiger partial charge < -0.3 is 14.7 Å². The molecular formula is C11H14F3N3O3. The van der Waals surface area contributed by atoms with E-state index in [1.807, 2.05) is 0 Å². The number of ether oxygens (including phenoxy) is 1. The highest BCUT2D eigenvalue weighted by atomic mass is 19.4. The monoisotopic (exact) mass is 293 g/mol. The maximum Gasteiger partial charge on any atom is 0.405 e. The molecule has 1 rings (SSSR count). The van der Waals surface area contributed by atoms with Crippen LogP contribution in [0.25, 0.3) is 0 Å². The van der Waals surface area contributed by atoms with Gasteiger partial charge in [0.2, 0.25) is 5.88 Å². The average molecular weight is 293 g/mol. The average Bonchev–Trinajstić information content (AvgIpc) is 2.29. The van der Waals surface area contributed by atoms with Crippen molar-refractivity contribution in [3.05, 3.63) is 11.9 Å². The van der Waals surface area contributed by atoms with Crippen LogP contribution in [0.4, 0.5) is 19.0 Å². The van der Waals surface area contributed by atoms with E-state index in [0.717, 1.165) is 6.33 Å². The molecule has 0 amide bonds. The van der Waals surface area contributed by atoms with E-state index in [-0.39, 0.29) is 23.9 Å². The van der Waals surface area contributed by atoms with Gasteiger partial charge in [0, 0.05) is 0 Å². The largest absolute Gasteiger partial charge is 0.480 e. The summed E-state index contributed by atoms with van der Waals surface area (Å²) in [7, 11) is 0. The van der Waals surface area contributed by atoms with Crippen molar-refractivity contribution >= 4 is 11.8 Å². The number of carbonyl (C=O) groups is 1. The van der Waals surface area contributed by atoms with Crippen molar-refractivity contribution in [2.45, 2.75) is 20.0 Å². The summed E-state index contributed by atoms with van der Waals surface area (Å²) in [5.41, 5.74) is 0.264. The standard InChI is InChI=1S/C11H14F3N3O3/c1-3-20-10-7(2)9(15-6-16-10)17(4-8(18)19)5-11(12,13)14/h6H,3-5H2,1-2H3,(H,18,19). The third-order valence-corrected chi connectivity index (χ3v) is 2.29. The Balaban J connectivity index is 3.12. The lowest BCUT2D eigenvalue weighted by molar-refractivity contribution is -0.136. The fourth-order valence-corrected chi connectivity index (χ4v) is 1.61. The molecule has 1 heterocycles. The molecule has 0 saturated heterocycles. The summed E-state index contributed by atoms with van der Waals surface area (Å²) in [5, 5.41) is 8.72. The van der Waals surface area contributed by atoms with Gasteiger partial charge in [-0.25, -0.2) is 9.97 Å². The van der Waals surface area contributed by atoms with E-state index in [0.29, 0.717) is 4.90 Å². The summed E-state index contributed by atoms with van der Waals surface area (Å²) in [6.07, 6.45) is -3.50. The summed E-state index contributed by atoms with van der Waals surface area (Å²) in [5.74, 6) is -1.36. The second-order valence-corrected chi connectivity index (χ2v) is 3.93. The van der Waals surface area contributed by atoms with E-state index in [2.05, 4.69) is 9.97 Å². The number of alkyl halides is 3. The van der Waals surface area contributed by atoms with Crippen LogP contribution in [0.1, 0.15) is 12.5 Å². The predicted molar refractivity (Wildman–Crippen MR) is 63.8 cm³/mol. The van der Waals surface area contributed by atoms with Crippen molar-refractivity contribution in [2.75, 3.05) is 24.6 Å². The van der Waals surface area contributed by atoms with E-state index in [4.69, 9.17) is 9.84 Å². The van der Waals surface area contributed by atoms with Gasteiger partial charge in [-0.2, -0.15) is 13.2 Å². The molecule has 0 aliphatic carbocycles. The van der Waals surface area contributed by atoms with Crippen LogP contribution in [0.2, 0.25) is 0 Å². The molecule has 6 nitrogen and oxygen atoms in total. The van der Waals surface area contributed by atoms with Crippen LogP contribution in [0.3, 0.4) is 0 Å². The van der Waals surface area contributed by atoms with E-state index < -0.39 is 25.2 Å². The van der Waals surface area contributed by atoms with Crippen molar-refractivity contribution in [3.63, 3.8) is 0 Å². The number of hydrogen-bond donors (Lipinski definition) is 1. The van der Waals surface area contributed by atoms with Crippen molar-refractivity contribution in [2.24, 2.45) is 0 Å². The number of aliphatic carboxylic acids is 1. The Kier molecular flexibility index (Phi) is 5.12. The van der Waals surface area contributed by atoms with Crippen LogP contribution in [0.5, 0.6) is 5.88 Å². The predicted octanol–water partition coefficient (Wildman–Crippen LogP) is 1.64. The topological polar surface area (TPSA) is 75.6 Å². The van der Waals surface area contributed by atoms with Crippen LogP contribution >= 0.6 is 0 Å². The van der Waals surface area contributed by atoms with Gasteiger partial charge in [-0.1, -0.05) is 0 Å². The Hall–Kier alpha value is -2.06. The molecule has 0 radical (unpaired) electrons. The lowest BCUT2D eigenvalue weighted by Crippen LogP contribution is -2.39. The quantitative estimate of drug-likeness (QED) is 0.859. The first-order valence-corrected chi connectivity index (χ1v) is 5.72. The lowest BCUT2D eigenvalue weighted by atomic mass is 10.3. The van der Waals surface area contributed by atoms with Crippen molar-refractivity contribution in [1.82, 2.24) is 9.97 Å². The molecule has 0 aliphatic heterocycles. The van der Waals surface area contributed by atoms with Crippen LogP contribution < -0.4 is 9.64 Å². The smallest absolute Gasteiger partial charge is 0.405 e. The number of halogens is 3. The molecule has 20 heavy (non-hydrogen) atoms. The summed E-state index contributed by atoms with van der Waals surface area (Å²) in [6, 6.07) is 0. The molecule has 112 valence electrons. The minimum Gasteiger partial charge on any atom is -0.480 e. The molecule has 0 aliphatic rings. The number of hydrogen-bond acceptors (Lipinski definition) is 5. The molecule has 1 N–H and O–H groups in total. The Labute approximate surface area is 113 Å². The second-order valence-electron chi connectivity index (χ2n) is 3.93. The van der Waals surface area contributed by atoms with Gasteiger partial charge >= 0.3 is 12.1 Å². The van der Waals surface area contributed by atoms with Gasteiger partial charge in [-0.3, -0.25) is 4.79 Å². The zero-order chi connectivity index (χ0) is 15.3. The van der Waals surface area contributed by atoms with Gasteiger partial charge in [0.15, 0.2) is 0 Å². The Morgan fingerprint density at radius 3 is 2.60 bits per heavy atom. The molecular weight excluding hydrogens is 279 g/mol. The summed E-state index contributed by atoms with van der Waals surface area (Å²) in [4.78, 5) is 18.9. The van der Waals surface area contributed by atoms with E-state index in [9.17, 15) is 18.0 Å². The number of carboxylic acids is 1. The zero-order valence-electron chi connectivity index (χ0n) is 10.9. The van der Waals surface area contributed by atoms with Gasteiger partial charge in [-0.15, -0.1) is 0 Å². The normalized spacial score (nSPS) is 11.2. The van der Waals surface area contributed by atoms with Crippen LogP contribution in [-0.2, 0) is 4.79 Å². The van der Waals surface area contributed by atoms with Crippen LogP contribution in [0.15, 0.2) is 6.33 Å². The highest BCUT2D eigenvalue weighted by Gasteiger charge is 2.33. The third kappa shape index (κ3) is 4.56. The molecule has 1 aromatic rings. The van der Waals surface area contributed by atoms with E-state index in [1.165, 1.54) is 6.92 Å². The first-order valence-electron chi connectivity index (χ1n) is 5.72. The second kappa shape index (κ2) is 6.40. The highest BCUT2D eigenvalue weighted by Crippen LogP contribution is 2.26. The third-order valence-electron chi connectivity index (χ3n) is 2.29. The highest BCUT2D eigenvalue weighted by molar-refractivity contribution is 5.73. The van der Waals surface area contributed by atoms with Gasteiger partial charge in [0.1, 0.15) is 25.2 Å². The number of anilines is 1. The summed E-state index contributed by atoms with van der Waals surface area (Å²) >= 11 is 0. The van der Waals surface area contributed by atoms with E-state index >= 15 is 0 Å². The maximum atomic E-state index is 12.5. The van der Waals surface area contributed by atoms with Crippen LogP contribution in [0, 0.1) is 6.92 Å². The first kappa shape index (κ1) is 16.0. The number of rotatable bonds is 6. The summed E-state index contributed by atoms with van der Waals surface area (Å²) in [6.45, 7) is 1.23. The Morgan fingerprint density at radius 1 is 1.45 bits per heavy atom. The molecule has 1 aromatic heterocycles. The zero-order valence-corrected chi connectivity index (χ0v) is 10.9. The number of nitrogens with zero attached hydrogens (tertiary/aromatic N) is 3. The molecule has 0 atom stereocenters. The Morgan fingerprint density at radius 2 is 2.10 bits per heavy atom. The van der Waals surface area contributed by atoms with Crippen molar-refractivity contribution in [1.29, 1.82) is 0 Å². The summed E-state index contributed by atoms with van der Waals surface area (Å²) < 4.78 is 42.7. The molecule has 0 aromatic carbocycles. The van der Waals surface area contributed by atoms with Crippen molar-refractivity contribution < 1.29 is 27.8 Å². The van der Waals surface area contributed by atoms with Gasteiger partial charge in [0.25, 0.3) is 0 Å². The number of carboxylic acid groups (broad SMARTS) is 1. The van der Waals surface area contributed by atoms with Crippen LogP contribution in [-0.4, -0.2) is 46.9 Å². The van der Waals surface area contributed by atoms with E-state index in [1.54, 1.807) is 6.92 Å². The fourth-order valence-electron chi connectivity index (χ4n) is 1.61. The lowest BCUT2D eigenvalue weighted by Gasteiger charge is -2.24. The molecule has 0 fully saturated rings. The van der Waals surface area contributed by atoms with Gasteiger partial charge in [0.05, 0.1) is 12.2 Å². The van der Waals surface area contributed by atoms with Gasteiger partial charge in [-0.05, 0) is 13.8 Å². The first-order chi connectivity index (χ1) is 9.24. The SMILES string of the molecule is CCOc1ncnc(N(CC(=O)O)CC(F)(F)F)c1C. The molecule has 0 unspecified atom stereocenters.